The van der Waals surface area contributed by atoms with Gasteiger partial charge in [-0.1, -0.05) is 12.1 Å². The number of aryl methyl sites for hydroxylation is 2. The van der Waals surface area contributed by atoms with Crippen molar-refractivity contribution >= 4 is 11.6 Å². The van der Waals surface area contributed by atoms with Gasteiger partial charge in [0.05, 0.1) is 12.2 Å². The quantitative estimate of drug-likeness (QED) is 0.646. The van der Waals surface area contributed by atoms with Gasteiger partial charge in [-0.3, -0.25) is 4.79 Å². The average Bonchev–Trinajstić information content (AvgIpc) is 3.14. The topological polar surface area (TPSA) is 112 Å². The fourth-order valence-electron chi connectivity index (χ4n) is 3.60. The molecule has 0 fully saturated rings. The number of tetrazole rings is 1. The van der Waals surface area contributed by atoms with Crippen LogP contribution >= 0.6 is 0 Å². The van der Waals surface area contributed by atoms with Crippen LogP contribution in [0.1, 0.15) is 17.5 Å². The highest BCUT2D eigenvalue weighted by Gasteiger charge is 2.22. The summed E-state index contributed by atoms with van der Waals surface area (Å²) in [6, 6.07) is 9.32. The van der Waals surface area contributed by atoms with E-state index in [2.05, 4.69) is 15.4 Å². The molecule has 3 heterocycles. The first-order valence-corrected chi connectivity index (χ1v) is 9.94. The van der Waals surface area contributed by atoms with Gasteiger partial charge in [0.15, 0.2) is 5.82 Å². The van der Waals surface area contributed by atoms with Crippen molar-refractivity contribution in [3.8, 4) is 17.1 Å². The molecule has 0 unspecified atom stereocenters. The zero-order chi connectivity index (χ0) is 23.0. The Balaban J connectivity index is 1.72. The molecule has 4 rings (SSSR count). The molecule has 1 aliphatic rings. The first-order valence-electron chi connectivity index (χ1n) is 9.94. The summed E-state index contributed by atoms with van der Waals surface area (Å²) >= 11 is 0. The number of nitrogens with zero attached hydrogens (tertiary/aromatic N) is 6. The fourth-order valence-corrected chi connectivity index (χ4v) is 3.60. The number of carbonyl (C=O) groups excluding carboxylic acids is 1. The molecule has 0 aliphatic carbocycles. The zero-order valence-electron chi connectivity index (χ0n) is 17.5. The predicted molar refractivity (Wildman–Crippen MR) is 114 cm³/mol. The molecule has 11 heteroatoms. The molecule has 0 spiro atoms. The Morgan fingerprint density at radius 3 is 2.62 bits per heavy atom. The Morgan fingerprint density at radius 2 is 1.91 bits per heavy atom. The third-order valence-electron chi connectivity index (χ3n) is 5.48. The van der Waals surface area contributed by atoms with Crippen LogP contribution in [0.15, 0.2) is 46.8 Å². The monoisotopic (exact) mass is 441 g/mol. The Kier molecular flexibility index (Phi) is 5.66. The molecule has 1 amide bonds. The number of rotatable bonds is 5. The second kappa shape index (κ2) is 8.42. The van der Waals surface area contributed by atoms with E-state index in [1.807, 2.05) is 24.3 Å². The second-order valence-electron chi connectivity index (χ2n) is 7.53. The maximum Gasteiger partial charge on any atom is 0.370 e. The zero-order valence-corrected chi connectivity index (χ0v) is 17.5. The van der Waals surface area contributed by atoms with E-state index in [1.165, 1.54) is 0 Å². The number of aromatic nitrogens is 5. The predicted octanol–water partition coefficient (Wildman–Crippen LogP) is 1.82. The van der Waals surface area contributed by atoms with E-state index in [0.717, 1.165) is 26.2 Å². The van der Waals surface area contributed by atoms with Crippen LogP contribution in [0.2, 0.25) is 0 Å². The highest BCUT2D eigenvalue weighted by molar-refractivity contribution is 5.96. The van der Waals surface area contributed by atoms with Gasteiger partial charge in [-0.05, 0) is 53.1 Å². The molecule has 2 aromatic heterocycles. The number of hydrogen-bond donors (Lipinski definition) is 1. The van der Waals surface area contributed by atoms with Crippen molar-refractivity contribution in [3.63, 3.8) is 0 Å². The molecule has 2 N–H and O–H groups in total. The van der Waals surface area contributed by atoms with Crippen LogP contribution in [0.25, 0.3) is 17.1 Å². The summed E-state index contributed by atoms with van der Waals surface area (Å²) < 4.78 is 27.6. The van der Waals surface area contributed by atoms with Crippen molar-refractivity contribution in [2.45, 2.75) is 26.3 Å². The molecule has 1 aromatic carbocycles. The Labute approximate surface area is 181 Å². The molecule has 0 bridgehead atoms. The SMILES string of the molecule is Cc1ccc(-c2ccc3c(c2)CCC(=O)N3C)nc1-n1nnn(CC(CN)=C(F)F)c1=O. The number of anilines is 1. The summed E-state index contributed by atoms with van der Waals surface area (Å²) in [6.45, 7) is 0.915. The number of pyridine rings is 1. The van der Waals surface area contributed by atoms with E-state index in [-0.39, 0.29) is 11.7 Å². The van der Waals surface area contributed by atoms with Crippen molar-refractivity contribution in [2.75, 3.05) is 18.5 Å². The minimum Gasteiger partial charge on any atom is -0.327 e. The molecule has 32 heavy (non-hydrogen) atoms. The first kappa shape index (κ1) is 21.5. The van der Waals surface area contributed by atoms with Crippen molar-refractivity contribution in [1.82, 2.24) is 24.8 Å². The van der Waals surface area contributed by atoms with E-state index in [4.69, 9.17) is 5.73 Å². The molecule has 0 atom stereocenters. The number of halogens is 2. The highest BCUT2D eigenvalue weighted by Crippen LogP contribution is 2.31. The molecular formula is C21H21F2N7O2. The van der Waals surface area contributed by atoms with Crippen LogP contribution in [0.4, 0.5) is 14.5 Å². The normalized spacial score (nSPS) is 13.3. The molecular weight excluding hydrogens is 420 g/mol. The minimum absolute atomic E-state index is 0.0729. The molecule has 0 saturated heterocycles. The van der Waals surface area contributed by atoms with E-state index < -0.39 is 30.4 Å². The van der Waals surface area contributed by atoms with Gasteiger partial charge in [-0.25, -0.2) is 9.78 Å². The maximum absolute atomic E-state index is 12.9. The molecule has 1 aliphatic heterocycles. The summed E-state index contributed by atoms with van der Waals surface area (Å²) in [6.07, 6.45) is -0.859. The largest absolute Gasteiger partial charge is 0.370 e. The van der Waals surface area contributed by atoms with Crippen molar-refractivity contribution < 1.29 is 13.6 Å². The first-order chi connectivity index (χ1) is 15.3. The fraction of sp³-hybridized carbons (Fsp3) is 0.286. The van der Waals surface area contributed by atoms with E-state index in [1.54, 1.807) is 24.9 Å². The van der Waals surface area contributed by atoms with Gasteiger partial charge in [0.1, 0.15) is 0 Å². The number of amides is 1. The lowest BCUT2D eigenvalue weighted by Gasteiger charge is -2.26. The van der Waals surface area contributed by atoms with Crippen molar-refractivity contribution in [3.05, 3.63) is 63.6 Å². The van der Waals surface area contributed by atoms with Gasteiger partial charge in [-0.2, -0.15) is 13.5 Å². The molecule has 0 saturated carbocycles. The number of hydrogen-bond acceptors (Lipinski definition) is 6. The lowest BCUT2D eigenvalue weighted by atomic mass is 9.98. The van der Waals surface area contributed by atoms with Gasteiger partial charge < -0.3 is 10.6 Å². The summed E-state index contributed by atoms with van der Waals surface area (Å²) in [7, 11) is 1.75. The maximum atomic E-state index is 12.9. The summed E-state index contributed by atoms with van der Waals surface area (Å²) in [5.74, 6) is 0.325. The van der Waals surface area contributed by atoms with Crippen LogP contribution < -0.4 is 16.3 Å². The standard InChI is InChI=1S/C21H21F2N7O2/c1-12-3-6-16(13-4-7-17-14(9-13)5-8-18(31)28(17)2)25-20(12)30-21(32)29(26-27-30)11-15(10-24)19(22)23/h3-4,6-7,9H,5,8,10-11,24H2,1-2H3. The van der Waals surface area contributed by atoms with Crippen molar-refractivity contribution in [1.29, 1.82) is 0 Å². The lowest BCUT2D eigenvalue weighted by molar-refractivity contribution is -0.118. The van der Waals surface area contributed by atoms with Gasteiger partial charge in [0.2, 0.25) is 5.91 Å². The van der Waals surface area contributed by atoms with E-state index in [0.29, 0.717) is 24.1 Å². The number of nitrogens with two attached hydrogens (primary N) is 1. The van der Waals surface area contributed by atoms with Crippen LogP contribution in [0.5, 0.6) is 0 Å². The molecule has 9 nitrogen and oxygen atoms in total. The molecule has 3 aromatic rings. The lowest BCUT2D eigenvalue weighted by Crippen LogP contribution is -2.31. The van der Waals surface area contributed by atoms with Crippen LogP contribution in [-0.4, -0.2) is 44.3 Å². The Bertz CT molecular complexity index is 1290. The summed E-state index contributed by atoms with van der Waals surface area (Å²) in [4.78, 5) is 30.9. The number of carbonyl (C=O) groups is 1. The van der Waals surface area contributed by atoms with Gasteiger partial charge in [0.25, 0.3) is 6.08 Å². The van der Waals surface area contributed by atoms with E-state index in [9.17, 15) is 18.4 Å². The van der Waals surface area contributed by atoms with Gasteiger partial charge in [0, 0.05) is 36.8 Å². The average molecular weight is 441 g/mol. The minimum atomic E-state index is -1.94. The van der Waals surface area contributed by atoms with Crippen molar-refractivity contribution in [2.24, 2.45) is 5.73 Å². The van der Waals surface area contributed by atoms with Crippen LogP contribution in [0.3, 0.4) is 0 Å². The van der Waals surface area contributed by atoms with E-state index >= 15 is 0 Å². The number of fused-ring (bicyclic) bond motifs is 1. The van der Waals surface area contributed by atoms with Gasteiger partial charge in [-0.15, -0.1) is 4.68 Å². The van der Waals surface area contributed by atoms with Crippen LogP contribution in [-0.2, 0) is 17.8 Å². The summed E-state index contributed by atoms with van der Waals surface area (Å²) in [5, 5.41) is 7.51. The Hall–Kier alpha value is -3.73. The third-order valence-corrected chi connectivity index (χ3v) is 5.48. The van der Waals surface area contributed by atoms with Gasteiger partial charge >= 0.3 is 5.69 Å². The highest BCUT2D eigenvalue weighted by atomic mass is 19.3. The summed E-state index contributed by atoms with van der Waals surface area (Å²) in [5.41, 5.74) is 8.21. The second-order valence-corrected chi connectivity index (χ2v) is 7.53. The third kappa shape index (κ3) is 3.82. The molecule has 166 valence electrons. The smallest absolute Gasteiger partial charge is 0.327 e. The van der Waals surface area contributed by atoms with Crippen LogP contribution in [0, 0.1) is 6.92 Å². The number of benzene rings is 1. The Morgan fingerprint density at radius 1 is 1.12 bits per heavy atom. The molecule has 0 radical (unpaired) electrons.